The molecule has 2 aliphatic rings. The van der Waals surface area contributed by atoms with Crippen molar-refractivity contribution in [2.75, 3.05) is 7.05 Å². The van der Waals surface area contributed by atoms with E-state index in [1.165, 1.54) is 30.5 Å². The summed E-state index contributed by atoms with van der Waals surface area (Å²) in [5, 5.41) is 3.20. The Balaban J connectivity index is 2.26. The highest BCUT2D eigenvalue weighted by Gasteiger charge is 2.12. The first kappa shape index (κ1) is 7.66. The van der Waals surface area contributed by atoms with Crippen molar-refractivity contribution in [3.05, 3.63) is 35.6 Å². The molecule has 0 aromatic heterocycles. The van der Waals surface area contributed by atoms with Crippen molar-refractivity contribution >= 4 is 0 Å². The van der Waals surface area contributed by atoms with Crippen molar-refractivity contribution in [1.82, 2.24) is 5.32 Å². The number of fused-ring (bicyclic) bond motifs is 1. The predicted molar refractivity (Wildman–Crippen MR) is 51.7 cm³/mol. The molecule has 0 aromatic carbocycles. The highest BCUT2D eigenvalue weighted by molar-refractivity contribution is 5.34. The summed E-state index contributed by atoms with van der Waals surface area (Å²) in [5.74, 6) is 0.672. The molecule has 1 nitrogen and oxygen atoms in total. The molecule has 0 heterocycles. The van der Waals surface area contributed by atoms with Crippen LogP contribution in [0, 0.1) is 5.92 Å². The van der Waals surface area contributed by atoms with Gasteiger partial charge in [-0.2, -0.15) is 0 Å². The number of nitrogens with one attached hydrogen (secondary N) is 1. The van der Waals surface area contributed by atoms with Crippen LogP contribution in [0.5, 0.6) is 0 Å². The lowest BCUT2D eigenvalue weighted by Crippen LogP contribution is -2.05. The maximum Gasteiger partial charge on any atom is 0.0303 e. The van der Waals surface area contributed by atoms with Crippen LogP contribution in [-0.2, 0) is 0 Å². The summed E-state index contributed by atoms with van der Waals surface area (Å²) in [6.07, 6.45) is 13.0. The molecule has 2 rings (SSSR count). The van der Waals surface area contributed by atoms with E-state index in [9.17, 15) is 0 Å². The maximum atomic E-state index is 3.20. The Kier molecular flexibility index (Phi) is 2.03. The van der Waals surface area contributed by atoms with Crippen LogP contribution in [0.15, 0.2) is 35.6 Å². The van der Waals surface area contributed by atoms with Crippen LogP contribution < -0.4 is 5.32 Å². The summed E-state index contributed by atoms with van der Waals surface area (Å²) in [5.41, 5.74) is 2.76. The lowest BCUT2D eigenvalue weighted by atomic mass is 9.91. The monoisotopic (exact) mass is 161 g/mol. The van der Waals surface area contributed by atoms with Crippen LogP contribution in [0.4, 0.5) is 0 Å². The quantitative estimate of drug-likeness (QED) is 0.622. The summed E-state index contributed by atoms with van der Waals surface area (Å²) < 4.78 is 0. The minimum atomic E-state index is 0.672. The molecule has 1 atom stereocenters. The second kappa shape index (κ2) is 3.18. The molecule has 0 saturated heterocycles. The predicted octanol–water partition coefficient (Wildman–Crippen LogP) is 2.39. The third-order valence-corrected chi connectivity index (χ3v) is 2.59. The highest BCUT2D eigenvalue weighted by Crippen LogP contribution is 2.27. The van der Waals surface area contributed by atoms with Crippen LogP contribution in [0.2, 0.25) is 0 Å². The molecule has 2 bridgehead atoms. The average Bonchev–Trinajstić information content (AvgIpc) is 2.25. The fraction of sp³-hybridized carbons (Fsp3) is 0.455. The lowest BCUT2D eigenvalue weighted by molar-refractivity contribution is 0.616. The Bertz CT molecular complexity index is 258. The highest BCUT2D eigenvalue weighted by atomic mass is 14.8. The molecule has 0 spiro atoms. The summed E-state index contributed by atoms with van der Waals surface area (Å²) >= 11 is 0. The zero-order valence-corrected chi connectivity index (χ0v) is 7.51. The zero-order valence-electron chi connectivity index (χ0n) is 7.51. The van der Waals surface area contributed by atoms with Gasteiger partial charge in [-0.25, -0.2) is 0 Å². The molecular formula is C11H15N. The van der Waals surface area contributed by atoms with E-state index in [0.29, 0.717) is 5.92 Å². The summed E-state index contributed by atoms with van der Waals surface area (Å²) in [4.78, 5) is 0. The van der Waals surface area contributed by atoms with E-state index in [0.717, 1.165) is 0 Å². The molecule has 0 aliphatic heterocycles. The summed E-state index contributed by atoms with van der Waals surface area (Å²) in [6.45, 7) is 0. The summed E-state index contributed by atoms with van der Waals surface area (Å²) in [6, 6.07) is 0. The topological polar surface area (TPSA) is 12.0 Å². The van der Waals surface area contributed by atoms with Gasteiger partial charge >= 0.3 is 0 Å². The number of likely N-dealkylation sites (N-methyl/N-ethyl adjacent to an activating group) is 1. The molecule has 12 heavy (non-hydrogen) atoms. The van der Waals surface area contributed by atoms with Gasteiger partial charge in [0, 0.05) is 12.7 Å². The fourth-order valence-corrected chi connectivity index (χ4v) is 1.90. The first-order chi connectivity index (χ1) is 5.88. The molecule has 0 amide bonds. The Morgan fingerprint density at radius 2 is 2.25 bits per heavy atom. The molecule has 0 aromatic rings. The third kappa shape index (κ3) is 1.45. The molecule has 1 heteroatoms. The van der Waals surface area contributed by atoms with Crippen LogP contribution in [0.25, 0.3) is 0 Å². The van der Waals surface area contributed by atoms with Gasteiger partial charge in [0.1, 0.15) is 0 Å². The van der Waals surface area contributed by atoms with Gasteiger partial charge in [0.2, 0.25) is 0 Å². The van der Waals surface area contributed by atoms with Gasteiger partial charge in [0.15, 0.2) is 0 Å². The van der Waals surface area contributed by atoms with Gasteiger partial charge < -0.3 is 5.32 Å². The fourth-order valence-electron chi connectivity index (χ4n) is 1.90. The van der Waals surface area contributed by atoms with Gasteiger partial charge in [-0.05, 0) is 31.3 Å². The van der Waals surface area contributed by atoms with Crippen molar-refractivity contribution in [3.63, 3.8) is 0 Å². The Labute approximate surface area is 73.9 Å². The second-order valence-corrected chi connectivity index (χ2v) is 3.50. The number of allylic oxidation sites excluding steroid dienone is 5. The van der Waals surface area contributed by atoms with E-state index in [1.54, 1.807) is 0 Å². The second-order valence-electron chi connectivity index (χ2n) is 3.50. The van der Waals surface area contributed by atoms with Gasteiger partial charge in [-0.15, -0.1) is 0 Å². The maximum absolute atomic E-state index is 3.20. The molecule has 0 saturated carbocycles. The van der Waals surface area contributed by atoms with Crippen molar-refractivity contribution in [2.24, 2.45) is 5.92 Å². The Morgan fingerprint density at radius 1 is 1.33 bits per heavy atom. The first-order valence-corrected chi connectivity index (χ1v) is 4.67. The van der Waals surface area contributed by atoms with Gasteiger partial charge in [-0.3, -0.25) is 0 Å². The van der Waals surface area contributed by atoms with E-state index in [2.05, 4.69) is 29.6 Å². The van der Waals surface area contributed by atoms with Crippen LogP contribution >= 0.6 is 0 Å². The molecule has 0 fully saturated rings. The van der Waals surface area contributed by atoms with Gasteiger partial charge in [0.05, 0.1) is 0 Å². The standard InChI is InChI=1S/C11H15N/c1-12-11-6-5-9-3-2-4-10(7-9)8-11/h5-8,10,12H,2-4H2,1H3. The van der Waals surface area contributed by atoms with Crippen molar-refractivity contribution in [1.29, 1.82) is 0 Å². The summed E-state index contributed by atoms with van der Waals surface area (Å²) in [7, 11) is 1.98. The zero-order chi connectivity index (χ0) is 8.39. The number of hydrogen-bond donors (Lipinski definition) is 1. The minimum Gasteiger partial charge on any atom is -0.388 e. The van der Waals surface area contributed by atoms with Crippen molar-refractivity contribution in [2.45, 2.75) is 19.3 Å². The van der Waals surface area contributed by atoms with E-state index >= 15 is 0 Å². The van der Waals surface area contributed by atoms with Gasteiger partial charge in [-0.1, -0.05) is 23.8 Å². The van der Waals surface area contributed by atoms with Crippen molar-refractivity contribution in [3.8, 4) is 0 Å². The molecule has 1 unspecified atom stereocenters. The Morgan fingerprint density at radius 3 is 3.08 bits per heavy atom. The molecule has 0 radical (unpaired) electrons. The van der Waals surface area contributed by atoms with Crippen LogP contribution in [0.3, 0.4) is 0 Å². The lowest BCUT2D eigenvalue weighted by Gasteiger charge is -2.14. The van der Waals surface area contributed by atoms with E-state index < -0.39 is 0 Å². The average molecular weight is 161 g/mol. The minimum absolute atomic E-state index is 0.672. The van der Waals surface area contributed by atoms with E-state index in [-0.39, 0.29) is 0 Å². The number of hydrogen-bond acceptors (Lipinski definition) is 1. The molecule has 1 N–H and O–H groups in total. The van der Waals surface area contributed by atoms with Crippen LogP contribution in [-0.4, -0.2) is 7.05 Å². The molecule has 64 valence electrons. The Hall–Kier alpha value is -0.980. The largest absolute Gasteiger partial charge is 0.388 e. The van der Waals surface area contributed by atoms with E-state index in [1.807, 2.05) is 7.05 Å². The van der Waals surface area contributed by atoms with Gasteiger partial charge in [0.25, 0.3) is 0 Å². The first-order valence-electron chi connectivity index (χ1n) is 4.67. The SMILES string of the molecule is CNC1=CC2C=C(C=C1)CCC2. The van der Waals surface area contributed by atoms with Crippen molar-refractivity contribution < 1.29 is 0 Å². The molecule has 2 aliphatic carbocycles. The smallest absolute Gasteiger partial charge is 0.0303 e. The molecular weight excluding hydrogens is 146 g/mol. The third-order valence-electron chi connectivity index (χ3n) is 2.59. The van der Waals surface area contributed by atoms with Crippen LogP contribution in [0.1, 0.15) is 19.3 Å². The normalized spacial score (nSPS) is 27.2. The number of rotatable bonds is 1. The van der Waals surface area contributed by atoms with E-state index in [4.69, 9.17) is 0 Å².